The van der Waals surface area contributed by atoms with Crippen LogP contribution in [-0.2, 0) is 19.1 Å². The third-order valence-electron chi connectivity index (χ3n) is 3.76. The minimum atomic E-state index is -0.873. The van der Waals surface area contributed by atoms with E-state index in [2.05, 4.69) is 5.32 Å². The first-order valence-corrected chi connectivity index (χ1v) is 7.44. The van der Waals surface area contributed by atoms with Gasteiger partial charge in [0.25, 0.3) is 5.91 Å². The predicted molar refractivity (Wildman–Crippen MR) is 81.2 cm³/mol. The van der Waals surface area contributed by atoms with Gasteiger partial charge < -0.3 is 19.7 Å². The summed E-state index contributed by atoms with van der Waals surface area (Å²) < 4.78 is 23.9. The highest BCUT2D eigenvalue weighted by Gasteiger charge is 2.39. The van der Waals surface area contributed by atoms with E-state index in [1.807, 2.05) is 0 Å². The fourth-order valence-corrected chi connectivity index (χ4v) is 2.55. The molecule has 2 amide bonds. The molecule has 2 rings (SSSR count). The number of amides is 2. The van der Waals surface area contributed by atoms with Crippen molar-refractivity contribution in [3.8, 4) is 0 Å². The number of morpholine rings is 1. The van der Waals surface area contributed by atoms with E-state index in [9.17, 15) is 14.0 Å². The van der Waals surface area contributed by atoms with Crippen LogP contribution in [0.15, 0.2) is 24.3 Å². The number of hydrogen-bond donors (Lipinski definition) is 1. The number of methoxy groups -OCH3 is 1. The lowest BCUT2D eigenvalue weighted by atomic mass is 9.97. The summed E-state index contributed by atoms with van der Waals surface area (Å²) in [7, 11) is 3.18. The van der Waals surface area contributed by atoms with Gasteiger partial charge in [0.1, 0.15) is 12.4 Å². The minimum Gasteiger partial charge on any atom is -0.385 e. The smallest absolute Gasteiger partial charge is 0.251 e. The Kier molecular flexibility index (Phi) is 6.06. The summed E-state index contributed by atoms with van der Waals surface area (Å²) in [6.07, 6.45) is -0.198. The van der Waals surface area contributed by atoms with Crippen LogP contribution in [-0.4, -0.2) is 56.7 Å². The zero-order chi connectivity index (χ0) is 16.8. The summed E-state index contributed by atoms with van der Waals surface area (Å²) in [5.41, 5.74) is 0.526. The van der Waals surface area contributed by atoms with E-state index >= 15 is 0 Å². The molecule has 1 aromatic rings. The van der Waals surface area contributed by atoms with Crippen molar-refractivity contribution in [1.82, 2.24) is 10.2 Å². The minimum absolute atomic E-state index is 0.168. The molecule has 0 radical (unpaired) electrons. The first-order chi connectivity index (χ1) is 11.0. The normalized spacial score (nSPS) is 21.3. The Morgan fingerprint density at radius 2 is 2.30 bits per heavy atom. The molecule has 0 saturated carbocycles. The summed E-state index contributed by atoms with van der Waals surface area (Å²) in [5.74, 6) is -0.995. The molecule has 1 aromatic carbocycles. The highest BCUT2D eigenvalue weighted by molar-refractivity contribution is 5.86. The zero-order valence-electron chi connectivity index (χ0n) is 13.3. The van der Waals surface area contributed by atoms with E-state index in [4.69, 9.17) is 9.47 Å². The van der Waals surface area contributed by atoms with E-state index in [1.54, 1.807) is 26.3 Å². The Hall–Kier alpha value is -1.99. The van der Waals surface area contributed by atoms with Crippen molar-refractivity contribution in [2.24, 2.45) is 0 Å². The Balaban J connectivity index is 2.15. The molecular weight excluding hydrogens is 303 g/mol. The second-order valence-electron chi connectivity index (χ2n) is 5.37. The van der Waals surface area contributed by atoms with Gasteiger partial charge in [-0.2, -0.15) is 0 Å². The average Bonchev–Trinajstić information content (AvgIpc) is 2.53. The maximum Gasteiger partial charge on any atom is 0.251 e. The van der Waals surface area contributed by atoms with Crippen LogP contribution in [0.2, 0.25) is 0 Å². The van der Waals surface area contributed by atoms with Gasteiger partial charge in [-0.1, -0.05) is 12.1 Å². The molecule has 1 N–H and O–H groups in total. The highest BCUT2D eigenvalue weighted by Crippen LogP contribution is 2.29. The molecule has 0 spiro atoms. The average molecular weight is 324 g/mol. The molecule has 1 aliphatic rings. The number of nitrogens with one attached hydrogen (secondary N) is 1. The van der Waals surface area contributed by atoms with Crippen LogP contribution < -0.4 is 5.32 Å². The van der Waals surface area contributed by atoms with E-state index in [-0.39, 0.29) is 18.4 Å². The molecule has 2 atom stereocenters. The summed E-state index contributed by atoms with van der Waals surface area (Å²) in [5, 5.41) is 2.76. The number of likely N-dealkylation sites (N-methyl/N-ethyl adjacent to an activating group) is 1. The van der Waals surface area contributed by atoms with Crippen molar-refractivity contribution in [3.63, 3.8) is 0 Å². The van der Waals surface area contributed by atoms with Crippen LogP contribution in [0.5, 0.6) is 0 Å². The number of carbonyl (C=O) groups is 2. The molecule has 126 valence electrons. The van der Waals surface area contributed by atoms with Crippen LogP contribution >= 0.6 is 0 Å². The Bertz CT molecular complexity index is 567. The fraction of sp³-hybridized carbons (Fsp3) is 0.500. The monoisotopic (exact) mass is 324 g/mol. The largest absolute Gasteiger partial charge is 0.385 e. The van der Waals surface area contributed by atoms with Crippen LogP contribution in [0.25, 0.3) is 0 Å². The fourth-order valence-electron chi connectivity index (χ4n) is 2.55. The highest BCUT2D eigenvalue weighted by atomic mass is 19.1. The van der Waals surface area contributed by atoms with Gasteiger partial charge in [-0.15, -0.1) is 0 Å². The molecule has 23 heavy (non-hydrogen) atoms. The Morgan fingerprint density at radius 3 is 3.00 bits per heavy atom. The lowest BCUT2D eigenvalue weighted by Gasteiger charge is -2.38. The van der Waals surface area contributed by atoms with E-state index in [1.165, 1.54) is 17.0 Å². The number of carbonyl (C=O) groups excluding carboxylic acids is 2. The standard InChI is InChI=1S/C16H21FN2O4/c1-19-13(20)10-23-15(16(21)18-7-4-8-22-2)14(19)11-5-3-6-12(17)9-11/h3,5-6,9,14-15H,4,7-8,10H2,1-2H3,(H,18,21)/t14-,15+/m0/s1. The Labute approximate surface area is 134 Å². The number of rotatable bonds is 6. The van der Waals surface area contributed by atoms with Gasteiger partial charge in [-0.3, -0.25) is 9.59 Å². The van der Waals surface area contributed by atoms with Gasteiger partial charge in [0.15, 0.2) is 6.10 Å². The van der Waals surface area contributed by atoms with Crippen molar-refractivity contribution in [1.29, 1.82) is 0 Å². The molecule has 7 heteroatoms. The number of halogens is 1. The summed E-state index contributed by atoms with van der Waals surface area (Å²) in [6, 6.07) is 5.19. The third kappa shape index (κ3) is 4.27. The number of nitrogens with zero attached hydrogens (tertiary/aromatic N) is 1. The first-order valence-electron chi connectivity index (χ1n) is 7.44. The van der Waals surface area contributed by atoms with Crippen LogP contribution in [0.4, 0.5) is 4.39 Å². The van der Waals surface area contributed by atoms with Crippen LogP contribution in [0.1, 0.15) is 18.0 Å². The molecule has 6 nitrogen and oxygen atoms in total. The molecule has 0 aliphatic carbocycles. The topological polar surface area (TPSA) is 67.9 Å². The van der Waals surface area contributed by atoms with E-state index < -0.39 is 18.0 Å². The lowest BCUT2D eigenvalue weighted by Crippen LogP contribution is -2.53. The SMILES string of the molecule is COCCCNC(=O)[C@@H]1OCC(=O)N(C)[C@H]1c1cccc(F)c1. The maximum absolute atomic E-state index is 13.5. The second kappa shape index (κ2) is 8.03. The molecule has 0 bridgehead atoms. The molecular formula is C16H21FN2O4. The van der Waals surface area contributed by atoms with Gasteiger partial charge in [-0.05, 0) is 24.1 Å². The molecule has 1 saturated heterocycles. The number of hydrogen-bond acceptors (Lipinski definition) is 4. The van der Waals surface area contributed by atoms with Crippen LogP contribution in [0, 0.1) is 5.82 Å². The van der Waals surface area contributed by atoms with Crippen molar-refractivity contribution in [2.45, 2.75) is 18.6 Å². The quantitative estimate of drug-likeness (QED) is 0.789. The molecule has 1 fully saturated rings. The number of ether oxygens (including phenoxy) is 2. The second-order valence-corrected chi connectivity index (χ2v) is 5.37. The van der Waals surface area contributed by atoms with Crippen molar-refractivity contribution >= 4 is 11.8 Å². The van der Waals surface area contributed by atoms with Crippen molar-refractivity contribution in [2.75, 3.05) is 33.9 Å². The summed E-state index contributed by atoms with van der Waals surface area (Å²) in [6.45, 7) is 0.816. The zero-order valence-corrected chi connectivity index (χ0v) is 13.3. The van der Waals surface area contributed by atoms with Gasteiger partial charge in [-0.25, -0.2) is 4.39 Å². The molecule has 0 unspecified atom stereocenters. The Morgan fingerprint density at radius 1 is 1.52 bits per heavy atom. The van der Waals surface area contributed by atoms with Gasteiger partial charge in [0, 0.05) is 27.3 Å². The first kappa shape index (κ1) is 17.4. The van der Waals surface area contributed by atoms with E-state index in [0.29, 0.717) is 25.1 Å². The van der Waals surface area contributed by atoms with Gasteiger partial charge in [0.05, 0.1) is 6.04 Å². The van der Waals surface area contributed by atoms with Crippen LogP contribution in [0.3, 0.4) is 0 Å². The van der Waals surface area contributed by atoms with Crippen molar-refractivity contribution in [3.05, 3.63) is 35.6 Å². The third-order valence-corrected chi connectivity index (χ3v) is 3.76. The van der Waals surface area contributed by atoms with Crippen molar-refractivity contribution < 1.29 is 23.5 Å². The van der Waals surface area contributed by atoms with Gasteiger partial charge >= 0.3 is 0 Å². The number of benzene rings is 1. The summed E-state index contributed by atoms with van der Waals surface area (Å²) >= 11 is 0. The molecule has 0 aromatic heterocycles. The lowest BCUT2D eigenvalue weighted by molar-refractivity contribution is -0.162. The predicted octanol–water partition coefficient (Wildman–Crippen LogP) is 0.877. The van der Waals surface area contributed by atoms with Gasteiger partial charge in [0.2, 0.25) is 5.91 Å². The van der Waals surface area contributed by atoms with E-state index in [0.717, 1.165) is 0 Å². The molecule has 1 heterocycles. The summed E-state index contributed by atoms with van der Waals surface area (Å²) in [4.78, 5) is 25.7. The maximum atomic E-state index is 13.5. The molecule has 1 aliphatic heterocycles.